The summed E-state index contributed by atoms with van der Waals surface area (Å²) in [6.45, 7) is 2.33. The molecule has 6 rings (SSSR count). The van der Waals surface area contributed by atoms with Crippen molar-refractivity contribution in [2.24, 2.45) is 11.8 Å². The third kappa shape index (κ3) is 4.32. The number of hydrogen-bond acceptors (Lipinski definition) is 5. The number of rotatable bonds is 5. The molecule has 0 bridgehead atoms. The lowest BCUT2D eigenvalue weighted by Crippen LogP contribution is -2.31. The molecule has 2 atom stereocenters. The van der Waals surface area contributed by atoms with Gasteiger partial charge in [0.1, 0.15) is 10.7 Å². The Morgan fingerprint density at radius 2 is 1.88 bits per heavy atom. The third-order valence-corrected chi connectivity index (χ3v) is 8.55. The van der Waals surface area contributed by atoms with Crippen LogP contribution in [0.4, 0.5) is 0 Å². The summed E-state index contributed by atoms with van der Waals surface area (Å²) in [5.41, 5.74) is 4.45. The minimum atomic E-state index is 0.310. The zero-order chi connectivity index (χ0) is 22.2. The largest absolute Gasteiger partial charge is 0.329 e. The lowest BCUT2D eigenvalue weighted by molar-refractivity contribution is 0.257. The number of halogens is 1. The smallest absolute Gasteiger partial charge is 0.224 e. The maximum Gasteiger partial charge on any atom is 0.224 e. The van der Waals surface area contributed by atoms with E-state index in [1.54, 1.807) is 11.3 Å². The average Bonchev–Trinajstić information content (AvgIpc) is 3.58. The Morgan fingerprint density at radius 3 is 2.73 bits per heavy atom. The average molecular weight is 478 g/mol. The van der Waals surface area contributed by atoms with Crippen LogP contribution in [0.1, 0.15) is 49.4 Å². The third-order valence-electron chi connectivity index (χ3n) is 7.44. The number of hydrogen-bond donors (Lipinski definition) is 1. The van der Waals surface area contributed by atoms with E-state index in [2.05, 4.69) is 61.8 Å². The number of aromatic nitrogens is 4. The van der Waals surface area contributed by atoms with Crippen molar-refractivity contribution in [3.8, 4) is 10.6 Å². The van der Waals surface area contributed by atoms with E-state index >= 15 is 0 Å². The van der Waals surface area contributed by atoms with E-state index in [4.69, 9.17) is 16.6 Å². The Labute approximate surface area is 203 Å². The van der Waals surface area contributed by atoms with Crippen molar-refractivity contribution in [2.45, 2.75) is 44.6 Å². The van der Waals surface area contributed by atoms with Gasteiger partial charge >= 0.3 is 0 Å². The van der Waals surface area contributed by atoms with Gasteiger partial charge in [-0.3, -0.25) is 0 Å². The molecule has 1 aliphatic heterocycles. The first-order valence-corrected chi connectivity index (χ1v) is 13.2. The van der Waals surface area contributed by atoms with Crippen molar-refractivity contribution in [3.05, 3.63) is 64.6 Å². The van der Waals surface area contributed by atoms with Crippen molar-refractivity contribution >= 4 is 34.0 Å². The molecule has 7 heteroatoms. The van der Waals surface area contributed by atoms with Gasteiger partial charge in [-0.15, -0.1) is 11.3 Å². The molecule has 1 saturated carbocycles. The second kappa shape index (κ2) is 9.16. The van der Waals surface area contributed by atoms with Gasteiger partial charge in [-0.25, -0.2) is 9.97 Å². The second-order valence-corrected chi connectivity index (χ2v) is 10.6. The number of fused-ring (bicyclic) bond motifs is 1. The van der Waals surface area contributed by atoms with Crippen molar-refractivity contribution in [1.29, 1.82) is 0 Å². The van der Waals surface area contributed by atoms with Gasteiger partial charge in [0.05, 0.1) is 5.69 Å². The Kier molecular flexibility index (Phi) is 5.91. The highest BCUT2D eigenvalue weighted by atomic mass is 35.5. The highest BCUT2D eigenvalue weighted by Crippen LogP contribution is 2.44. The monoisotopic (exact) mass is 477 g/mol. The zero-order valence-corrected chi connectivity index (χ0v) is 20.2. The SMILES string of the molecule is Clc1ncc2c(-c3nc(Cc4ccccc4)cs3)cn(C3CCC(C4CCNCC4)C3)c2n1. The molecule has 2 aliphatic rings. The predicted molar refractivity (Wildman–Crippen MR) is 135 cm³/mol. The first kappa shape index (κ1) is 21.3. The Bertz CT molecular complexity index is 1240. The van der Waals surface area contributed by atoms with Crippen LogP contribution in [0.2, 0.25) is 5.28 Å². The summed E-state index contributed by atoms with van der Waals surface area (Å²) in [6, 6.07) is 11.0. The maximum atomic E-state index is 6.24. The van der Waals surface area contributed by atoms with Crippen molar-refractivity contribution in [3.63, 3.8) is 0 Å². The first-order valence-electron chi connectivity index (χ1n) is 12.0. The van der Waals surface area contributed by atoms with Gasteiger partial charge in [0.15, 0.2) is 0 Å². The highest BCUT2D eigenvalue weighted by Gasteiger charge is 2.33. The summed E-state index contributed by atoms with van der Waals surface area (Å²) in [7, 11) is 0. The fourth-order valence-electron chi connectivity index (χ4n) is 5.76. The second-order valence-electron chi connectivity index (χ2n) is 9.45. The van der Waals surface area contributed by atoms with Gasteiger partial charge in [0.25, 0.3) is 0 Å². The van der Waals surface area contributed by atoms with Crippen LogP contribution in [0.3, 0.4) is 0 Å². The molecule has 33 heavy (non-hydrogen) atoms. The van der Waals surface area contributed by atoms with Crippen molar-refractivity contribution < 1.29 is 0 Å². The molecule has 1 aliphatic carbocycles. The standard InChI is InChI=1S/C26H28ClN5S/c27-26-29-14-22-23(25-30-20(16-33-25)12-17-4-2-1-3-5-17)15-32(24(22)31-26)21-7-6-19(13-21)18-8-10-28-11-9-18/h1-5,14-16,18-19,21,28H,6-13H2. The van der Waals surface area contributed by atoms with Crippen LogP contribution >= 0.6 is 22.9 Å². The summed E-state index contributed by atoms with van der Waals surface area (Å²) in [4.78, 5) is 14.0. The number of benzene rings is 1. The van der Waals surface area contributed by atoms with Crippen LogP contribution in [0, 0.1) is 11.8 Å². The van der Waals surface area contributed by atoms with Crippen molar-refractivity contribution in [2.75, 3.05) is 13.1 Å². The molecule has 0 amide bonds. The van der Waals surface area contributed by atoms with Crippen LogP contribution in [-0.2, 0) is 6.42 Å². The highest BCUT2D eigenvalue weighted by molar-refractivity contribution is 7.13. The van der Waals surface area contributed by atoms with Crippen LogP contribution in [-0.4, -0.2) is 32.6 Å². The van der Waals surface area contributed by atoms with E-state index in [0.29, 0.717) is 11.3 Å². The lowest BCUT2D eigenvalue weighted by Gasteiger charge is -2.28. The fraction of sp³-hybridized carbons (Fsp3) is 0.423. The molecular formula is C26H28ClN5S. The maximum absolute atomic E-state index is 6.24. The van der Waals surface area contributed by atoms with E-state index < -0.39 is 0 Å². The molecule has 0 radical (unpaired) electrons. The van der Waals surface area contributed by atoms with Crippen LogP contribution < -0.4 is 5.32 Å². The molecule has 4 aromatic rings. The van der Waals surface area contributed by atoms with Crippen molar-refractivity contribution in [1.82, 2.24) is 24.8 Å². The number of piperidine rings is 1. The van der Waals surface area contributed by atoms with Gasteiger partial charge in [-0.2, -0.15) is 4.98 Å². The summed E-state index contributed by atoms with van der Waals surface area (Å²) < 4.78 is 2.37. The van der Waals surface area contributed by atoms with Gasteiger partial charge in [0.2, 0.25) is 5.28 Å². The molecule has 2 unspecified atom stereocenters. The number of nitrogens with zero attached hydrogens (tertiary/aromatic N) is 4. The molecule has 2 fully saturated rings. The van der Waals surface area contributed by atoms with Gasteiger partial charge in [-0.1, -0.05) is 30.3 Å². The quantitative estimate of drug-likeness (QED) is 0.351. The molecule has 170 valence electrons. The van der Waals surface area contributed by atoms with Crippen LogP contribution in [0.5, 0.6) is 0 Å². The molecule has 3 aromatic heterocycles. The van der Waals surface area contributed by atoms with E-state index in [1.807, 2.05) is 6.20 Å². The van der Waals surface area contributed by atoms with Crippen LogP contribution in [0.25, 0.3) is 21.6 Å². The predicted octanol–water partition coefficient (Wildman–Crippen LogP) is 6.14. The fourth-order valence-corrected chi connectivity index (χ4v) is 6.73. The first-order chi connectivity index (χ1) is 16.2. The Balaban J connectivity index is 1.31. The molecule has 4 heterocycles. The topological polar surface area (TPSA) is 55.6 Å². The van der Waals surface area contributed by atoms with Crippen LogP contribution in [0.15, 0.2) is 48.1 Å². The summed E-state index contributed by atoms with van der Waals surface area (Å²) in [5.74, 6) is 1.67. The van der Waals surface area contributed by atoms with E-state index in [1.165, 1.54) is 50.8 Å². The van der Waals surface area contributed by atoms with Gasteiger partial charge in [0, 0.05) is 41.2 Å². The summed E-state index contributed by atoms with van der Waals surface area (Å²) >= 11 is 7.94. The Hall–Kier alpha value is -2.28. The Morgan fingerprint density at radius 1 is 1.03 bits per heavy atom. The summed E-state index contributed by atoms with van der Waals surface area (Å²) in [6.07, 6.45) is 11.3. The lowest BCUT2D eigenvalue weighted by atomic mass is 9.84. The molecular weight excluding hydrogens is 450 g/mol. The summed E-state index contributed by atoms with van der Waals surface area (Å²) in [5, 5.41) is 8.07. The molecule has 5 nitrogen and oxygen atoms in total. The van der Waals surface area contributed by atoms with E-state index in [9.17, 15) is 0 Å². The van der Waals surface area contributed by atoms with E-state index in [0.717, 1.165) is 45.6 Å². The van der Waals surface area contributed by atoms with Gasteiger partial charge < -0.3 is 9.88 Å². The zero-order valence-electron chi connectivity index (χ0n) is 18.6. The minimum absolute atomic E-state index is 0.310. The molecule has 1 aromatic carbocycles. The molecule has 1 N–H and O–H groups in total. The molecule has 1 saturated heterocycles. The molecule has 0 spiro atoms. The number of thiazole rings is 1. The van der Waals surface area contributed by atoms with E-state index in [-0.39, 0.29) is 0 Å². The number of nitrogens with one attached hydrogen (secondary N) is 1. The normalized spacial score (nSPS) is 21.7. The van der Waals surface area contributed by atoms with Gasteiger partial charge in [-0.05, 0) is 74.2 Å². The minimum Gasteiger partial charge on any atom is -0.329 e.